The molecule has 0 spiro atoms. The Morgan fingerprint density at radius 1 is 1.11 bits per heavy atom. The van der Waals surface area contributed by atoms with Crippen LogP contribution in [-0.2, 0) is 4.74 Å². The predicted molar refractivity (Wildman–Crippen MR) is 82.3 cm³/mol. The molecule has 0 amide bonds. The first kappa shape index (κ1) is 12.8. The Kier molecular flexibility index (Phi) is 3.96. The summed E-state index contributed by atoms with van der Waals surface area (Å²) >= 11 is 0. The van der Waals surface area contributed by atoms with Crippen LogP contribution >= 0.6 is 0 Å². The minimum atomic E-state index is 0.451. The molecule has 0 saturated heterocycles. The van der Waals surface area contributed by atoms with Gasteiger partial charge in [-0.15, -0.1) is 0 Å². The summed E-state index contributed by atoms with van der Waals surface area (Å²) in [7, 11) is 0. The molecule has 2 aliphatic carbocycles. The molecule has 3 aliphatic rings. The monoisotopic (exact) mass is 254 g/mol. The van der Waals surface area contributed by atoms with Gasteiger partial charge >= 0.3 is 0 Å². The van der Waals surface area contributed by atoms with Crippen LogP contribution in [-0.4, -0.2) is 13.3 Å². The Bertz CT molecular complexity index is 427. The number of ether oxygens (including phenoxy) is 1. The molecule has 0 aromatic rings. The highest BCUT2D eigenvalue weighted by molar-refractivity contribution is 6.69. The first-order valence-corrected chi connectivity index (χ1v) is 7.76. The van der Waals surface area contributed by atoms with Crippen LogP contribution in [0, 0.1) is 5.92 Å². The fourth-order valence-corrected chi connectivity index (χ4v) is 3.92. The third-order valence-electron chi connectivity index (χ3n) is 4.78. The average Bonchev–Trinajstić information content (AvgIpc) is 2.98. The molecule has 0 aromatic heterocycles. The van der Waals surface area contributed by atoms with Crippen LogP contribution < -0.4 is 0 Å². The molecular weight excluding hydrogens is 231 g/mol. The molecule has 3 rings (SSSR count). The van der Waals surface area contributed by atoms with E-state index in [2.05, 4.69) is 49.4 Å². The van der Waals surface area contributed by atoms with E-state index in [1.165, 1.54) is 31.4 Å². The first-order valence-electron chi connectivity index (χ1n) is 7.76. The Balaban J connectivity index is 1.88. The van der Waals surface area contributed by atoms with Crippen LogP contribution in [0.5, 0.6) is 0 Å². The summed E-state index contributed by atoms with van der Waals surface area (Å²) in [6.07, 6.45) is 19.0. The molecule has 1 nitrogen and oxygen atoms in total. The van der Waals surface area contributed by atoms with Crippen molar-refractivity contribution < 1.29 is 4.74 Å². The van der Waals surface area contributed by atoms with Crippen molar-refractivity contribution in [2.75, 3.05) is 6.61 Å². The van der Waals surface area contributed by atoms with Crippen LogP contribution in [0.2, 0.25) is 11.6 Å². The molecule has 2 heteroatoms. The van der Waals surface area contributed by atoms with E-state index in [1.54, 1.807) is 0 Å². The second-order valence-electron chi connectivity index (χ2n) is 5.88. The van der Waals surface area contributed by atoms with Gasteiger partial charge in [0.15, 0.2) is 6.71 Å². The Hall–Kier alpha value is -1.18. The summed E-state index contributed by atoms with van der Waals surface area (Å²) in [6.45, 7) is 3.54. The van der Waals surface area contributed by atoms with E-state index >= 15 is 0 Å². The first-order chi connectivity index (χ1) is 9.40. The SMILES string of the molecule is CCOC1=CB(C2CCCC2)[C@@H]2\C=C/C=C\C=C/[C@H]12. The smallest absolute Gasteiger partial charge is 0.182 e. The number of allylic oxidation sites excluding steroid dienone is 6. The van der Waals surface area contributed by atoms with Gasteiger partial charge in [0.2, 0.25) is 0 Å². The third kappa shape index (κ3) is 2.58. The summed E-state index contributed by atoms with van der Waals surface area (Å²) in [5.41, 5.74) is 0. The molecule has 0 bridgehead atoms. The second kappa shape index (κ2) is 5.86. The highest BCUT2D eigenvalue weighted by atomic mass is 16.5. The van der Waals surface area contributed by atoms with Crippen molar-refractivity contribution in [1.82, 2.24) is 0 Å². The van der Waals surface area contributed by atoms with E-state index in [1.807, 2.05) is 0 Å². The minimum Gasteiger partial charge on any atom is -0.499 e. The van der Waals surface area contributed by atoms with Gasteiger partial charge in [0.1, 0.15) is 0 Å². The van der Waals surface area contributed by atoms with Gasteiger partial charge in [-0.2, -0.15) is 0 Å². The molecular formula is C17H23BO. The van der Waals surface area contributed by atoms with Crippen molar-refractivity contribution in [3.63, 3.8) is 0 Å². The zero-order valence-corrected chi connectivity index (χ0v) is 11.8. The van der Waals surface area contributed by atoms with Crippen LogP contribution in [0.1, 0.15) is 32.6 Å². The molecule has 19 heavy (non-hydrogen) atoms. The number of fused-ring (bicyclic) bond motifs is 1. The van der Waals surface area contributed by atoms with E-state index in [0.29, 0.717) is 18.4 Å². The Morgan fingerprint density at radius 3 is 2.58 bits per heavy atom. The number of hydrogen-bond acceptors (Lipinski definition) is 1. The molecule has 1 aliphatic heterocycles. The molecule has 1 heterocycles. The molecule has 1 saturated carbocycles. The lowest BCUT2D eigenvalue weighted by Gasteiger charge is -2.23. The fourth-order valence-electron chi connectivity index (χ4n) is 3.92. The highest BCUT2D eigenvalue weighted by Gasteiger charge is 2.42. The van der Waals surface area contributed by atoms with Crippen LogP contribution in [0.15, 0.2) is 48.2 Å². The Morgan fingerprint density at radius 2 is 1.84 bits per heavy atom. The fraction of sp³-hybridized carbons (Fsp3) is 0.529. The van der Waals surface area contributed by atoms with Crippen molar-refractivity contribution in [2.45, 2.75) is 44.2 Å². The van der Waals surface area contributed by atoms with Crippen molar-refractivity contribution >= 4 is 6.71 Å². The molecule has 0 N–H and O–H groups in total. The maximum Gasteiger partial charge on any atom is 0.182 e. The van der Waals surface area contributed by atoms with Gasteiger partial charge in [-0.25, -0.2) is 0 Å². The van der Waals surface area contributed by atoms with Gasteiger partial charge in [-0.05, 0) is 12.7 Å². The highest BCUT2D eigenvalue weighted by Crippen LogP contribution is 2.47. The maximum atomic E-state index is 5.91. The molecule has 0 aromatic carbocycles. The van der Waals surface area contributed by atoms with Gasteiger partial charge in [0.05, 0.1) is 12.4 Å². The summed E-state index contributed by atoms with van der Waals surface area (Å²) in [6, 6.07) is 0. The van der Waals surface area contributed by atoms with E-state index in [0.717, 1.165) is 12.4 Å². The largest absolute Gasteiger partial charge is 0.499 e. The van der Waals surface area contributed by atoms with Gasteiger partial charge in [-0.1, -0.05) is 73.9 Å². The molecule has 1 fully saturated rings. The summed E-state index contributed by atoms with van der Waals surface area (Å²) < 4.78 is 5.91. The van der Waals surface area contributed by atoms with Gasteiger partial charge in [-0.3, -0.25) is 0 Å². The summed E-state index contributed by atoms with van der Waals surface area (Å²) in [5, 5.41) is 0. The lowest BCUT2D eigenvalue weighted by Crippen LogP contribution is -2.22. The van der Waals surface area contributed by atoms with Crippen molar-refractivity contribution in [2.24, 2.45) is 5.92 Å². The van der Waals surface area contributed by atoms with E-state index in [4.69, 9.17) is 4.74 Å². The van der Waals surface area contributed by atoms with E-state index in [-0.39, 0.29) is 0 Å². The van der Waals surface area contributed by atoms with Crippen molar-refractivity contribution in [3.05, 3.63) is 48.2 Å². The average molecular weight is 254 g/mol. The summed E-state index contributed by atoms with van der Waals surface area (Å²) in [4.78, 5) is 0. The minimum absolute atomic E-state index is 0.451. The van der Waals surface area contributed by atoms with Crippen molar-refractivity contribution in [3.8, 4) is 0 Å². The quantitative estimate of drug-likeness (QED) is 0.670. The van der Waals surface area contributed by atoms with Crippen LogP contribution in [0.4, 0.5) is 0 Å². The standard InChI is InChI=1S/C17H23BO/c1-2-19-17-13-18(14-9-7-8-10-14)16-12-6-4-3-5-11-15(16)17/h3-6,11-16H,2,7-10H2,1H3/b4-3-,11-5-,12-6-/t15-,16+/m0/s1. The molecule has 0 radical (unpaired) electrons. The second-order valence-corrected chi connectivity index (χ2v) is 5.88. The molecule has 2 atom stereocenters. The normalized spacial score (nSPS) is 35.2. The lowest BCUT2D eigenvalue weighted by molar-refractivity contribution is 0.206. The van der Waals surface area contributed by atoms with E-state index < -0.39 is 0 Å². The van der Waals surface area contributed by atoms with Gasteiger partial charge in [0, 0.05) is 5.92 Å². The lowest BCUT2D eigenvalue weighted by atomic mass is 9.34. The summed E-state index contributed by atoms with van der Waals surface area (Å²) in [5.74, 6) is 5.57. The van der Waals surface area contributed by atoms with Crippen LogP contribution in [0.3, 0.4) is 0 Å². The number of hydrogen-bond donors (Lipinski definition) is 0. The van der Waals surface area contributed by atoms with Gasteiger partial charge in [0.25, 0.3) is 0 Å². The zero-order valence-electron chi connectivity index (χ0n) is 11.8. The molecule has 100 valence electrons. The number of rotatable bonds is 3. The Labute approximate surface area is 117 Å². The molecule has 0 unspecified atom stereocenters. The van der Waals surface area contributed by atoms with E-state index in [9.17, 15) is 0 Å². The predicted octanol–water partition coefficient (Wildman–Crippen LogP) is 4.57. The zero-order chi connectivity index (χ0) is 13.1. The maximum absolute atomic E-state index is 5.91. The van der Waals surface area contributed by atoms with Gasteiger partial charge < -0.3 is 4.74 Å². The van der Waals surface area contributed by atoms with Crippen LogP contribution in [0.25, 0.3) is 0 Å². The topological polar surface area (TPSA) is 9.23 Å². The third-order valence-corrected chi connectivity index (χ3v) is 4.78. The van der Waals surface area contributed by atoms with Crippen molar-refractivity contribution in [1.29, 1.82) is 0 Å².